The number of amides is 1. The van der Waals surface area contributed by atoms with Crippen LogP contribution in [0.2, 0.25) is 0 Å². The van der Waals surface area contributed by atoms with Gasteiger partial charge in [0, 0.05) is 18.4 Å². The third-order valence-electron chi connectivity index (χ3n) is 4.69. The molecule has 0 bridgehead atoms. The van der Waals surface area contributed by atoms with Gasteiger partial charge in [0.05, 0.1) is 6.04 Å². The Morgan fingerprint density at radius 2 is 1.89 bits per heavy atom. The summed E-state index contributed by atoms with van der Waals surface area (Å²) in [6, 6.07) is 16.1. The molecule has 0 saturated carbocycles. The van der Waals surface area contributed by atoms with Crippen LogP contribution in [-0.4, -0.2) is 16.0 Å². The van der Waals surface area contributed by atoms with Crippen molar-refractivity contribution in [3.05, 3.63) is 71.1 Å². The SMILES string of the molecule is CCc1ccc(-c2noc(CCC(=O)N[C@@H](C)c3ccccc3C)n2)cc1. The molecule has 3 rings (SSSR count). The van der Waals surface area contributed by atoms with Crippen LogP contribution in [0.5, 0.6) is 0 Å². The molecule has 0 saturated heterocycles. The van der Waals surface area contributed by atoms with Gasteiger partial charge in [0.1, 0.15) is 0 Å². The Bertz CT molecular complexity index is 900. The van der Waals surface area contributed by atoms with E-state index in [0.29, 0.717) is 24.6 Å². The second kappa shape index (κ2) is 8.62. The summed E-state index contributed by atoms with van der Waals surface area (Å²) in [6.07, 6.45) is 1.73. The van der Waals surface area contributed by atoms with Crippen LogP contribution in [0.4, 0.5) is 0 Å². The summed E-state index contributed by atoms with van der Waals surface area (Å²) in [6.45, 7) is 6.16. The maximum Gasteiger partial charge on any atom is 0.227 e. The van der Waals surface area contributed by atoms with E-state index in [1.54, 1.807) is 0 Å². The quantitative estimate of drug-likeness (QED) is 0.675. The van der Waals surface area contributed by atoms with E-state index in [-0.39, 0.29) is 11.9 Å². The molecule has 1 amide bonds. The molecular formula is C22H25N3O2. The van der Waals surface area contributed by atoms with Gasteiger partial charge in [0.15, 0.2) is 0 Å². The molecule has 0 aliphatic rings. The maximum absolute atomic E-state index is 12.3. The highest BCUT2D eigenvalue weighted by atomic mass is 16.5. The van der Waals surface area contributed by atoms with Crippen LogP contribution in [0.15, 0.2) is 53.1 Å². The molecule has 0 aliphatic carbocycles. The standard InChI is InChI=1S/C22H25N3O2/c1-4-17-9-11-18(12-10-17)22-24-21(27-25-22)14-13-20(26)23-16(3)19-8-6-5-7-15(19)2/h5-12,16H,4,13-14H2,1-3H3,(H,23,26)/t16-/m0/s1. The average Bonchev–Trinajstić information content (AvgIpc) is 3.16. The summed E-state index contributed by atoms with van der Waals surface area (Å²) in [5.41, 5.74) is 4.48. The summed E-state index contributed by atoms with van der Waals surface area (Å²) in [5.74, 6) is 1.00. The van der Waals surface area contributed by atoms with Crippen molar-refractivity contribution in [2.75, 3.05) is 0 Å². The molecule has 27 heavy (non-hydrogen) atoms. The zero-order chi connectivity index (χ0) is 19.2. The monoisotopic (exact) mass is 363 g/mol. The Labute approximate surface area is 159 Å². The first-order chi connectivity index (χ1) is 13.1. The molecule has 0 radical (unpaired) electrons. The molecule has 2 aromatic carbocycles. The largest absolute Gasteiger partial charge is 0.350 e. The molecule has 0 unspecified atom stereocenters. The molecule has 140 valence electrons. The number of nitrogens with one attached hydrogen (secondary N) is 1. The molecular weight excluding hydrogens is 338 g/mol. The number of carbonyl (C=O) groups excluding carboxylic acids is 1. The van der Waals surface area contributed by atoms with Crippen molar-refractivity contribution < 1.29 is 9.32 Å². The van der Waals surface area contributed by atoms with Crippen LogP contribution in [0.25, 0.3) is 11.4 Å². The van der Waals surface area contributed by atoms with Gasteiger partial charge in [-0.25, -0.2) is 0 Å². The van der Waals surface area contributed by atoms with Crippen LogP contribution in [0.3, 0.4) is 0 Å². The number of carbonyl (C=O) groups is 1. The van der Waals surface area contributed by atoms with E-state index < -0.39 is 0 Å². The van der Waals surface area contributed by atoms with Gasteiger partial charge in [-0.2, -0.15) is 4.98 Å². The molecule has 5 nitrogen and oxygen atoms in total. The second-order valence-corrected chi connectivity index (χ2v) is 6.71. The van der Waals surface area contributed by atoms with E-state index >= 15 is 0 Å². The normalized spacial score (nSPS) is 12.0. The molecule has 3 aromatic rings. The van der Waals surface area contributed by atoms with Gasteiger partial charge in [0.25, 0.3) is 0 Å². The molecule has 1 heterocycles. The summed E-state index contributed by atoms with van der Waals surface area (Å²) in [5, 5.41) is 7.05. The zero-order valence-corrected chi connectivity index (χ0v) is 16.0. The Balaban J connectivity index is 1.55. The van der Waals surface area contributed by atoms with Crippen molar-refractivity contribution in [3.63, 3.8) is 0 Å². The summed E-state index contributed by atoms with van der Waals surface area (Å²) >= 11 is 0. The first-order valence-corrected chi connectivity index (χ1v) is 9.33. The highest BCUT2D eigenvalue weighted by molar-refractivity contribution is 5.76. The third-order valence-corrected chi connectivity index (χ3v) is 4.69. The molecule has 1 aromatic heterocycles. The number of hydrogen-bond acceptors (Lipinski definition) is 4. The average molecular weight is 363 g/mol. The lowest BCUT2D eigenvalue weighted by Crippen LogP contribution is -2.27. The van der Waals surface area contributed by atoms with E-state index in [1.165, 1.54) is 11.1 Å². The Hall–Kier alpha value is -2.95. The first-order valence-electron chi connectivity index (χ1n) is 9.33. The van der Waals surface area contributed by atoms with Gasteiger partial charge in [0.2, 0.25) is 17.6 Å². The molecule has 0 spiro atoms. The Kier molecular flexibility index (Phi) is 6.01. The minimum Gasteiger partial charge on any atom is -0.350 e. The lowest BCUT2D eigenvalue weighted by molar-refractivity contribution is -0.121. The van der Waals surface area contributed by atoms with Crippen molar-refractivity contribution in [1.29, 1.82) is 0 Å². The fourth-order valence-corrected chi connectivity index (χ4v) is 3.05. The Morgan fingerprint density at radius 1 is 1.15 bits per heavy atom. The van der Waals surface area contributed by atoms with Crippen molar-refractivity contribution in [2.45, 2.75) is 46.1 Å². The summed E-state index contributed by atoms with van der Waals surface area (Å²) in [7, 11) is 0. The molecule has 0 aliphatic heterocycles. The predicted molar refractivity (Wildman–Crippen MR) is 105 cm³/mol. The molecule has 1 N–H and O–H groups in total. The lowest BCUT2D eigenvalue weighted by atomic mass is 10.0. The first kappa shape index (κ1) is 18.8. The van der Waals surface area contributed by atoms with Crippen LogP contribution in [0.1, 0.15) is 48.9 Å². The number of aromatic nitrogens is 2. The highest BCUT2D eigenvalue weighted by Gasteiger charge is 2.14. The van der Waals surface area contributed by atoms with Gasteiger partial charge in [-0.15, -0.1) is 0 Å². The minimum atomic E-state index is -0.0333. The van der Waals surface area contributed by atoms with Crippen LogP contribution in [0, 0.1) is 6.92 Å². The van der Waals surface area contributed by atoms with Gasteiger partial charge in [-0.3, -0.25) is 4.79 Å². The number of hydrogen-bond donors (Lipinski definition) is 1. The number of aryl methyl sites for hydroxylation is 3. The van der Waals surface area contributed by atoms with Crippen LogP contribution < -0.4 is 5.32 Å². The number of nitrogens with zero attached hydrogens (tertiary/aromatic N) is 2. The lowest BCUT2D eigenvalue weighted by Gasteiger charge is -2.16. The smallest absolute Gasteiger partial charge is 0.227 e. The van der Waals surface area contributed by atoms with Gasteiger partial charge in [-0.1, -0.05) is 60.6 Å². The number of rotatable bonds is 7. The van der Waals surface area contributed by atoms with Crippen molar-refractivity contribution in [1.82, 2.24) is 15.5 Å². The van der Waals surface area contributed by atoms with Gasteiger partial charge >= 0.3 is 0 Å². The van der Waals surface area contributed by atoms with Gasteiger partial charge < -0.3 is 9.84 Å². The minimum absolute atomic E-state index is 0.0298. The number of benzene rings is 2. The van der Waals surface area contributed by atoms with Crippen molar-refractivity contribution in [2.24, 2.45) is 0 Å². The molecule has 0 fully saturated rings. The highest BCUT2D eigenvalue weighted by Crippen LogP contribution is 2.18. The second-order valence-electron chi connectivity index (χ2n) is 6.71. The van der Waals surface area contributed by atoms with Crippen LogP contribution >= 0.6 is 0 Å². The van der Waals surface area contributed by atoms with E-state index in [0.717, 1.165) is 17.5 Å². The van der Waals surface area contributed by atoms with E-state index in [4.69, 9.17) is 4.52 Å². The fraction of sp³-hybridized carbons (Fsp3) is 0.318. The topological polar surface area (TPSA) is 68.0 Å². The fourth-order valence-electron chi connectivity index (χ4n) is 3.05. The maximum atomic E-state index is 12.3. The summed E-state index contributed by atoms with van der Waals surface area (Å²) in [4.78, 5) is 16.7. The summed E-state index contributed by atoms with van der Waals surface area (Å²) < 4.78 is 5.29. The van der Waals surface area contributed by atoms with Gasteiger partial charge in [-0.05, 0) is 37.0 Å². The van der Waals surface area contributed by atoms with Crippen molar-refractivity contribution in [3.8, 4) is 11.4 Å². The molecule has 5 heteroatoms. The van der Waals surface area contributed by atoms with Crippen LogP contribution in [-0.2, 0) is 17.6 Å². The Morgan fingerprint density at radius 3 is 2.59 bits per heavy atom. The predicted octanol–water partition coefficient (Wildman–Crippen LogP) is 4.42. The van der Waals surface area contributed by atoms with Crippen molar-refractivity contribution >= 4 is 5.91 Å². The zero-order valence-electron chi connectivity index (χ0n) is 16.0. The third kappa shape index (κ3) is 4.82. The van der Waals surface area contributed by atoms with E-state index in [2.05, 4.69) is 34.5 Å². The molecule has 1 atom stereocenters. The van der Waals surface area contributed by atoms with E-state index in [9.17, 15) is 4.79 Å². The van der Waals surface area contributed by atoms with E-state index in [1.807, 2.05) is 50.2 Å².